The minimum Gasteiger partial charge on any atom is -0.497 e. The van der Waals surface area contributed by atoms with E-state index >= 15 is 0 Å². The van der Waals surface area contributed by atoms with Crippen LogP contribution in [-0.4, -0.2) is 43.0 Å². The van der Waals surface area contributed by atoms with E-state index < -0.39 is 6.04 Å². The SMILES string of the molecule is CC[C@@H](C(=O)NCC(C)C)N(Cc1ccc(C)cc1)C(=O)COc1ccc(OC)cc1. The Hall–Kier alpha value is -3.02. The molecule has 6 nitrogen and oxygen atoms in total. The van der Waals surface area contributed by atoms with Crippen molar-refractivity contribution in [2.45, 2.75) is 46.7 Å². The Labute approximate surface area is 185 Å². The molecule has 2 amide bonds. The molecule has 0 radical (unpaired) electrons. The highest BCUT2D eigenvalue weighted by atomic mass is 16.5. The fourth-order valence-electron chi connectivity index (χ4n) is 3.13. The molecular formula is C25H34N2O4. The second-order valence-corrected chi connectivity index (χ2v) is 8.03. The van der Waals surface area contributed by atoms with Gasteiger partial charge >= 0.3 is 0 Å². The van der Waals surface area contributed by atoms with E-state index in [2.05, 4.69) is 5.32 Å². The van der Waals surface area contributed by atoms with E-state index in [0.29, 0.717) is 36.9 Å². The van der Waals surface area contributed by atoms with E-state index in [4.69, 9.17) is 9.47 Å². The quantitative estimate of drug-likeness (QED) is 0.591. The van der Waals surface area contributed by atoms with E-state index in [0.717, 1.165) is 11.1 Å². The molecule has 2 aromatic rings. The Bertz CT molecular complexity index is 832. The number of ether oxygens (including phenoxy) is 2. The molecule has 31 heavy (non-hydrogen) atoms. The van der Waals surface area contributed by atoms with Crippen molar-refractivity contribution in [3.63, 3.8) is 0 Å². The van der Waals surface area contributed by atoms with E-state index in [1.54, 1.807) is 36.3 Å². The summed E-state index contributed by atoms with van der Waals surface area (Å²) in [5, 5.41) is 2.96. The summed E-state index contributed by atoms with van der Waals surface area (Å²) in [5.41, 5.74) is 2.12. The van der Waals surface area contributed by atoms with Gasteiger partial charge in [0.05, 0.1) is 7.11 Å². The lowest BCUT2D eigenvalue weighted by molar-refractivity contribution is -0.143. The van der Waals surface area contributed by atoms with Crippen molar-refractivity contribution in [1.82, 2.24) is 10.2 Å². The van der Waals surface area contributed by atoms with E-state index in [9.17, 15) is 9.59 Å². The number of amides is 2. The monoisotopic (exact) mass is 426 g/mol. The first kappa shape index (κ1) is 24.3. The molecule has 0 heterocycles. The predicted molar refractivity (Wildman–Crippen MR) is 122 cm³/mol. The number of hydrogen-bond acceptors (Lipinski definition) is 4. The lowest BCUT2D eigenvalue weighted by Gasteiger charge is -2.31. The molecule has 0 unspecified atom stereocenters. The van der Waals surface area contributed by atoms with Crippen LogP contribution in [0.2, 0.25) is 0 Å². The van der Waals surface area contributed by atoms with E-state index in [-0.39, 0.29) is 18.4 Å². The van der Waals surface area contributed by atoms with Gasteiger partial charge in [0.1, 0.15) is 17.5 Å². The largest absolute Gasteiger partial charge is 0.497 e. The Kier molecular flexibility index (Phi) is 9.38. The third-order valence-electron chi connectivity index (χ3n) is 4.97. The van der Waals surface area contributed by atoms with Crippen LogP contribution in [0.15, 0.2) is 48.5 Å². The molecule has 168 valence electrons. The second-order valence-electron chi connectivity index (χ2n) is 8.03. The summed E-state index contributed by atoms with van der Waals surface area (Å²) in [6.07, 6.45) is 0.518. The smallest absolute Gasteiger partial charge is 0.261 e. The van der Waals surface area contributed by atoms with Crippen LogP contribution in [0.5, 0.6) is 11.5 Å². The first-order valence-electron chi connectivity index (χ1n) is 10.7. The molecule has 2 aromatic carbocycles. The fourth-order valence-corrected chi connectivity index (χ4v) is 3.13. The molecule has 0 spiro atoms. The molecular weight excluding hydrogens is 392 g/mol. The predicted octanol–water partition coefficient (Wildman–Crippen LogP) is 3.96. The van der Waals surface area contributed by atoms with E-state index in [1.165, 1.54) is 0 Å². The number of carbonyl (C=O) groups is 2. The molecule has 0 saturated heterocycles. The zero-order valence-electron chi connectivity index (χ0n) is 19.2. The number of carbonyl (C=O) groups excluding carboxylic acids is 2. The molecule has 0 saturated carbocycles. The van der Waals surface area contributed by atoms with Gasteiger partial charge in [0.2, 0.25) is 5.91 Å². The van der Waals surface area contributed by atoms with Crippen molar-refractivity contribution in [1.29, 1.82) is 0 Å². The number of nitrogens with one attached hydrogen (secondary N) is 1. The highest BCUT2D eigenvalue weighted by Crippen LogP contribution is 2.18. The summed E-state index contributed by atoms with van der Waals surface area (Å²) >= 11 is 0. The number of nitrogens with zero attached hydrogens (tertiary/aromatic N) is 1. The Morgan fingerprint density at radius 3 is 2.16 bits per heavy atom. The number of benzene rings is 2. The average molecular weight is 427 g/mol. The minimum absolute atomic E-state index is 0.138. The summed E-state index contributed by atoms with van der Waals surface area (Å²) in [6, 6.07) is 14.5. The molecule has 0 fully saturated rings. The molecule has 0 aliphatic rings. The van der Waals surface area contributed by atoms with Crippen LogP contribution in [0.4, 0.5) is 0 Å². The van der Waals surface area contributed by atoms with Crippen molar-refractivity contribution in [2.75, 3.05) is 20.3 Å². The minimum atomic E-state index is -0.563. The van der Waals surface area contributed by atoms with Crippen LogP contribution in [0.25, 0.3) is 0 Å². The van der Waals surface area contributed by atoms with Gasteiger partial charge in [0, 0.05) is 13.1 Å². The van der Waals surface area contributed by atoms with Crippen molar-refractivity contribution >= 4 is 11.8 Å². The van der Waals surface area contributed by atoms with Gasteiger partial charge in [-0.3, -0.25) is 9.59 Å². The van der Waals surface area contributed by atoms with Crippen molar-refractivity contribution in [2.24, 2.45) is 5.92 Å². The Morgan fingerprint density at radius 1 is 1.00 bits per heavy atom. The summed E-state index contributed by atoms with van der Waals surface area (Å²) in [4.78, 5) is 27.6. The molecule has 6 heteroatoms. The van der Waals surface area contributed by atoms with Crippen LogP contribution in [0, 0.1) is 12.8 Å². The van der Waals surface area contributed by atoms with E-state index in [1.807, 2.05) is 52.0 Å². The highest BCUT2D eigenvalue weighted by molar-refractivity contribution is 5.88. The molecule has 0 aliphatic heterocycles. The van der Waals surface area contributed by atoms with Gasteiger partial charge in [-0.15, -0.1) is 0 Å². The number of methoxy groups -OCH3 is 1. The van der Waals surface area contributed by atoms with Gasteiger partial charge in [0.15, 0.2) is 6.61 Å². The average Bonchev–Trinajstić information content (AvgIpc) is 2.77. The van der Waals surface area contributed by atoms with Crippen molar-refractivity contribution in [3.05, 3.63) is 59.7 Å². The maximum atomic E-state index is 13.2. The van der Waals surface area contributed by atoms with Gasteiger partial charge in [0.25, 0.3) is 5.91 Å². The van der Waals surface area contributed by atoms with Crippen LogP contribution < -0.4 is 14.8 Å². The number of hydrogen-bond donors (Lipinski definition) is 1. The number of aryl methyl sites for hydroxylation is 1. The standard InChI is InChI=1S/C25H34N2O4/c1-6-23(25(29)26-15-18(2)3)27(16-20-9-7-19(4)8-10-20)24(28)17-31-22-13-11-21(30-5)12-14-22/h7-14,18,23H,6,15-17H2,1-5H3,(H,26,29)/t23-/m0/s1. The molecule has 2 rings (SSSR count). The number of rotatable bonds is 11. The van der Waals surface area contributed by atoms with Crippen LogP contribution >= 0.6 is 0 Å². The van der Waals surface area contributed by atoms with Gasteiger partial charge < -0.3 is 19.7 Å². The van der Waals surface area contributed by atoms with Crippen LogP contribution in [0.3, 0.4) is 0 Å². The van der Waals surface area contributed by atoms with Gasteiger partial charge in [-0.2, -0.15) is 0 Å². The fraction of sp³-hybridized carbons (Fsp3) is 0.440. The third kappa shape index (κ3) is 7.63. The summed E-state index contributed by atoms with van der Waals surface area (Å²) < 4.78 is 10.8. The zero-order chi connectivity index (χ0) is 22.8. The second kappa shape index (κ2) is 12.0. The summed E-state index contributed by atoms with van der Waals surface area (Å²) in [6.45, 7) is 8.79. The molecule has 0 aliphatic carbocycles. The van der Waals surface area contributed by atoms with Gasteiger partial charge in [-0.25, -0.2) is 0 Å². The molecule has 1 N–H and O–H groups in total. The van der Waals surface area contributed by atoms with Crippen molar-refractivity contribution in [3.8, 4) is 11.5 Å². The van der Waals surface area contributed by atoms with Crippen LogP contribution in [0.1, 0.15) is 38.3 Å². The molecule has 1 atom stereocenters. The Balaban J connectivity index is 2.16. The van der Waals surface area contributed by atoms with Gasteiger partial charge in [-0.1, -0.05) is 50.6 Å². The first-order chi connectivity index (χ1) is 14.8. The van der Waals surface area contributed by atoms with Crippen LogP contribution in [-0.2, 0) is 16.1 Å². The molecule has 0 aromatic heterocycles. The third-order valence-corrected chi connectivity index (χ3v) is 4.97. The normalized spacial score (nSPS) is 11.7. The Morgan fingerprint density at radius 2 is 1.61 bits per heavy atom. The first-order valence-corrected chi connectivity index (χ1v) is 10.7. The summed E-state index contributed by atoms with van der Waals surface area (Å²) in [5.74, 6) is 1.25. The lowest BCUT2D eigenvalue weighted by atomic mass is 10.1. The maximum absolute atomic E-state index is 13.2. The topological polar surface area (TPSA) is 67.9 Å². The molecule has 0 bridgehead atoms. The van der Waals surface area contributed by atoms with Gasteiger partial charge in [-0.05, 0) is 49.1 Å². The highest BCUT2D eigenvalue weighted by Gasteiger charge is 2.29. The summed E-state index contributed by atoms with van der Waals surface area (Å²) in [7, 11) is 1.59. The maximum Gasteiger partial charge on any atom is 0.261 e. The lowest BCUT2D eigenvalue weighted by Crippen LogP contribution is -2.50. The zero-order valence-corrected chi connectivity index (χ0v) is 19.2. The van der Waals surface area contributed by atoms with Crippen molar-refractivity contribution < 1.29 is 19.1 Å².